The predicted octanol–water partition coefficient (Wildman–Crippen LogP) is 1.39. The van der Waals surface area contributed by atoms with E-state index in [1.807, 2.05) is 31.2 Å². The van der Waals surface area contributed by atoms with E-state index < -0.39 is 0 Å². The molecule has 0 fully saturated rings. The highest BCUT2D eigenvalue weighted by molar-refractivity contribution is 8.00. The average molecular weight is 268 g/mol. The van der Waals surface area contributed by atoms with E-state index in [2.05, 4.69) is 5.32 Å². The van der Waals surface area contributed by atoms with Crippen molar-refractivity contribution in [2.24, 2.45) is 5.73 Å². The Hall–Kier alpha value is -1.04. The Morgan fingerprint density at radius 3 is 2.67 bits per heavy atom. The lowest BCUT2D eigenvalue weighted by Crippen LogP contribution is -2.36. The highest BCUT2D eigenvalue weighted by atomic mass is 32.2. The molecule has 0 saturated carbocycles. The van der Waals surface area contributed by atoms with Crippen molar-refractivity contribution in [1.82, 2.24) is 5.32 Å². The Labute approximate surface area is 112 Å². The van der Waals surface area contributed by atoms with Crippen molar-refractivity contribution >= 4 is 17.7 Å². The number of rotatable bonds is 7. The first kappa shape index (κ1) is 15.0. The Bertz CT molecular complexity index is 368. The number of hydrogen-bond acceptors (Lipinski definition) is 4. The monoisotopic (exact) mass is 268 g/mol. The second kappa shape index (κ2) is 8.13. The normalized spacial score (nSPS) is 12.2. The van der Waals surface area contributed by atoms with E-state index in [1.54, 1.807) is 7.11 Å². The second-order valence-electron chi connectivity index (χ2n) is 4.06. The number of ether oxygens (including phenoxy) is 1. The van der Waals surface area contributed by atoms with Gasteiger partial charge in [0.2, 0.25) is 5.91 Å². The van der Waals surface area contributed by atoms with Gasteiger partial charge >= 0.3 is 0 Å². The van der Waals surface area contributed by atoms with Crippen LogP contribution in [-0.4, -0.2) is 31.4 Å². The standard InChI is InChI=1S/C13H20N2O2S/c1-10(8-17-2)15-13(16)9-18-12-5-3-11(7-14)4-6-12/h3-6,10H,7-9,14H2,1-2H3,(H,15,16). The van der Waals surface area contributed by atoms with Crippen molar-refractivity contribution in [3.8, 4) is 0 Å². The lowest BCUT2D eigenvalue weighted by Gasteiger charge is -2.12. The van der Waals surface area contributed by atoms with E-state index in [-0.39, 0.29) is 11.9 Å². The van der Waals surface area contributed by atoms with E-state index in [1.165, 1.54) is 11.8 Å². The number of hydrogen-bond donors (Lipinski definition) is 2. The van der Waals surface area contributed by atoms with Gasteiger partial charge in [0.1, 0.15) is 0 Å². The molecule has 0 saturated heterocycles. The Morgan fingerprint density at radius 1 is 1.44 bits per heavy atom. The first-order valence-corrected chi connectivity index (χ1v) is 6.84. The number of carbonyl (C=O) groups excluding carboxylic acids is 1. The molecule has 0 aliphatic rings. The molecule has 0 heterocycles. The molecule has 0 aromatic heterocycles. The summed E-state index contributed by atoms with van der Waals surface area (Å²) in [5.74, 6) is 0.434. The molecule has 0 bridgehead atoms. The molecule has 0 aliphatic carbocycles. The maximum absolute atomic E-state index is 11.6. The summed E-state index contributed by atoms with van der Waals surface area (Å²) >= 11 is 1.51. The van der Waals surface area contributed by atoms with Crippen LogP contribution in [0.2, 0.25) is 0 Å². The SMILES string of the molecule is COCC(C)NC(=O)CSc1ccc(CN)cc1. The molecule has 100 valence electrons. The van der Waals surface area contributed by atoms with Crippen LogP contribution in [0, 0.1) is 0 Å². The zero-order chi connectivity index (χ0) is 13.4. The van der Waals surface area contributed by atoms with Crippen LogP contribution in [0.5, 0.6) is 0 Å². The predicted molar refractivity (Wildman–Crippen MR) is 74.5 cm³/mol. The molecule has 1 unspecified atom stereocenters. The minimum Gasteiger partial charge on any atom is -0.383 e. The zero-order valence-electron chi connectivity index (χ0n) is 10.8. The first-order valence-electron chi connectivity index (χ1n) is 5.85. The molecule has 1 aromatic rings. The van der Waals surface area contributed by atoms with E-state index in [9.17, 15) is 4.79 Å². The molecule has 1 rings (SSSR count). The number of thioether (sulfide) groups is 1. The Balaban J connectivity index is 2.33. The van der Waals surface area contributed by atoms with Gasteiger partial charge in [-0.1, -0.05) is 12.1 Å². The van der Waals surface area contributed by atoms with Crippen molar-refractivity contribution < 1.29 is 9.53 Å². The fraction of sp³-hybridized carbons (Fsp3) is 0.462. The smallest absolute Gasteiger partial charge is 0.230 e. The largest absolute Gasteiger partial charge is 0.383 e. The summed E-state index contributed by atoms with van der Waals surface area (Å²) in [6, 6.07) is 7.97. The number of nitrogens with two attached hydrogens (primary N) is 1. The molecule has 1 amide bonds. The minimum atomic E-state index is 0.0208. The number of benzene rings is 1. The van der Waals surface area contributed by atoms with Crippen LogP contribution in [0.15, 0.2) is 29.2 Å². The van der Waals surface area contributed by atoms with Crippen molar-refractivity contribution in [3.05, 3.63) is 29.8 Å². The number of carbonyl (C=O) groups is 1. The van der Waals surface area contributed by atoms with Gasteiger partial charge in [0, 0.05) is 24.6 Å². The van der Waals surface area contributed by atoms with Crippen molar-refractivity contribution in [2.75, 3.05) is 19.5 Å². The molecule has 5 heteroatoms. The quantitative estimate of drug-likeness (QED) is 0.734. The lowest BCUT2D eigenvalue weighted by molar-refractivity contribution is -0.119. The summed E-state index contributed by atoms with van der Waals surface area (Å²) in [5, 5.41) is 2.87. The van der Waals surface area contributed by atoms with Crippen LogP contribution >= 0.6 is 11.8 Å². The average Bonchev–Trinajstić information content (AvgIpc) is 2.37. The van der Waals surface area contributed by atoms with Crippen LogP contribution in [0.3, 0.4) is 0 Å². The molecule has 1 aromatic carbocycles. The summed E-state index contributed by atoms with van der Waals surface area (Å²) in [6.45, 7) is 2.99. The van der Waals surface area contributed by atoms with E-state index in [0.717, 1.165) is 10.5 Å². The van der Waals surface area contributed by atoms with Gasteiger partial charge in [0.05, 0.1) is 12.4 Å². The summed E-state index contributed by atoms with van der Waals surface area (Å²) in [7, 11) is 1.62. The van der Waals surface area contributed by atoms with Gasteiger partial charge in [-0.05, 0) is 24.6 Å². The number of amides is 1. The summed E-state index contributed by atoms with van der Waals surface area (Å²) in [4.78, 5) is 12.7. The van der Waals surface area contributed by atoms with Gasteiger partial charge in [0.25, 0.3) is 0 Å². The third-order valence-corrected chi connectivity index (χ3v) is 3.37. The van der Waals surface area contributed by atoms with Crippen molar-refractivity contribution in [2.45, 2.75) is 24.4 Å². The first-order chi connectivity index (χ1) is 8.65. The molecular formula is C13H20N2O2S. The lowest BCUT2D eigenvalue weighted by atomic mass is 10.2. The van der Waals surface area contributed by atoms with Gasteiger partial charge in [-0.3, -0.25) is 4.79 Å². The van der Waals surface area contributed by atoms with Crippen LogP contribution in [0.25, 0.3) is 0 Å². The zero-order valence-corrected chi connectivity index (χ0v) is 11.6. The van der Waals surface area contributed by atoms with E-state index in [0.29, 0.717) is 18.9 Å². The van der Waals surface area contributed by atoms with Crippen LogP contribution in [0.1, 0.15) is 12.5 Å². The van der Waals surface area contributed by atoms with Gasteiger partial charge in [-0.2, -0.15) is 0 Å². The topological polar surface area (TPSA) is 64.3 Å². The van der Waals surface area contributed by atoms with Gasteiger partial charge in [0.15, 0.2) is 0 Å². The molecule has 1 atom stereocenters. The third-order valence-electron chi connectivity index (χ3n) is 2.35. The summed E-state index contributed by atoms with van der Waals surface area (Å²) < 4.78 is 4.96. The summed E-state index contributed by atoms with van der Waals surface area (Å²) in [6.07, 6.45) is 0. The molecule has 0 radical (unpaired) electrons. The molecule has 0 spiro atoms. The van der Waals surface area contributed by atoms with Gasteiger partial charge in [-0.15, -0.1) is 11.8 Å². The number of methoxy groups -OCH3 is 1. The molecule has 0 aliphatic heterocycles. The summed E-state index contributed by atoms with van der Waals surface area (Å²) in [5.41, 5.74) is 6.62. The van der Waals surface area contributed by atoms with E-state index >= 15 is 0 Å². The van der Waals surface area contributed by atoms with Crippen molar-refractivity contribution in [1.29, 1.82) is 0 Å². The highest BCUT2D eigenvalue weighted by Gasteiger charge is 2.07. The second-order valence-corrected chi connectivity index (χ2v) is 5.11. The van der Waals surface area contributed by atoms with Crippen LogP contribution < -0.4 is 11.1 Å². The molecule has 3 N–H and O–H groups in total. The van der Waals surface area contributed by atoms with Crippen LogP contribution in [0.4, 0.5) is 0 Å². The third kappa shape index (κ3) is 5.53. The number of nitrogens with one attached hydrogen (secondary N) is 1. The molecule has 4 nitrogen and oxygen atoms in total. The van der Waals surface area contributed by atoms with Gasteiger partial charge < -0.3 is 15.8 Å². The van der Waals surface area contributed by atoms with Crippen molar-refractivity contribution in [3.63, 3.8) is 0 Å². The Kier molecular flexibility index (Phi) is 6.78. The molecule has 18 heavy (non-hydrogen) atoms. The van der Waals surface area contributed by atoms with Gasteiger partial charge in [-0.25, -0.2) is 0 Å². The van der Waals surface area contributed by atoms with Crippen LogP contribution in [-0.2, 0) is 16.1 Å². The minimum absolute atomic E-state index is 0.0208. The highest BCUT2D eigenvalue weighted by Crippen LogP contribution is 2.17. The van der Waals surface area contributed by atoms with E-state index in [4.69, 9.17) is 10.5 Å². The fourth-order valence-corrected chi connectivity index (χ4v) is 2.19. The fourth-order valence-electron chi connectivity index (χ4n) is 1.48. The maximum atomic E-state index is 11.6. The Morgan fingerprint density at radius 2 is 2.11 bits per heavy atom. The molecular weight excluding hydrogens is 248 g/mol. The maximum Gasteiger partial charge on any atom is 0.230 e.